The molecule has 1 atom stereocenters. The average Bonchev–Trinajstić information content (AvgIpc) is 2.62. The van der Waals surface area contributed by atoms with Crippen molar-refractivity contribution in [2.24, 2.45) is 5.92 Å². The van der Waals surface area contributed by atoms with Crippen LogP contribution in [-0.4, -0.2) is 22.3 Å². The van der Waals surface area contributed by atoms with E-state index in [2.05, 4.69) is 13.8 Å². The maximum atomic E-state index is 10.4. The van der Waals surface area contributed by atoms with Crippen molar-refractivity contribution in [3.8, 4) is 0 Å². The summed E-state index contributed by atoms with van der Waals surface area (Å²) < 4.78 is 0. The summed E-state index contributed by atoms with van der Waals surface area (Å²) in [4.78, 5) is 10.4. The van der Waals surface area contributed by atoms with E-state index in [1.807, 2.05) is 0 Å². The van der Waals surface area contributed by atoms with Crippen LogP contribution in [0.25, 0.3) is 0 Å². The summed E-state index contributed by atoms with van der Waals surface area (Å²) in [5, 5.41) is 18.2. The Labute approximate surface area is 169 Å². The van der Waals surface area contributed by atoms with Gasteiger partial charge in [0, 0.05) is 6.42 Å². The van der Waals surface area contributed by atoms with E-state index >= 15 is 0 Å². The van der Waals surface area contributed by atoms with Gasteiger partial charge in [-0.3, -0.25) is 4.79 Å². The van der Waals surface area contributed by atoms with Crippen molar-refractivity contribution in [3.05, 3.63) is 0 Å². The smallest absolute Gasteiger partial charge is 0.303 e. The van der Waals surface area contributed by atoms with Gasteiger partial charge in [0.15, 0.2) is 0 Å². The van der Waals surface area contributed by atoms with Gasteiger partial charge in [0.05, 0.1) is 6.10 Å². The van der Waals surface area contributed by atoms with Crippen molar-refractivity contribution >= 4 is 5.97 Å². The van der Waals surface area contributed by atoms with Crippen molar-refractivity contribution in [2.45, 2.75) is 142 Å². The van der Waals surface area contributed by atoms with E-state index in [4.69, 9.17) is 5.11 Å². The molecule has 162 valence electrons. The number of hydrogen-bond donors (Lipinski definition) is 2. The molecule has 27 heavy (non-hydrogen) atoms. The molecule has 1 unspecified atom stereocenters. The van der Waals surface area contributed by atoms with Crippen molar-refractivity contribution < 1.29 is 15.0 Å². The van der Waals surface area contributed by atoms with Crippen molar-refractivity contribution in [2.75, 3.05) is 0 Å². The highest BCUT2D eigenvalue weighted by atomic mass is 16.4. The van der Waals surface area contributed by atoms with Crippen LogP contribution in [0.15, 0.2) is 0 Å². The lowest BCUT2D eigenvalue weighted by Crippen LogP contribution is -2.09. The molecule has 0 aromatic heterocycles. The Hall–Kier alpha value is -0.570. The number of aliphatic carboxylic acids is 1. The molecule has 3 heteroatoms. The van der Waals surface area contributed by atoms with Crippen LogP contribution in [-0.2, 0) is 4.79 Å². The van der Waals surface area contributed by atoms with Gasteiger partial charge in [-0.25, -0.2) is 0 Å². The third-order valence-electron chi connectivity index (χ3n) is 5.51. The first-order valence-corrected chi connectivity index (χ1v) is 11.9. The molecule has 0 amide bonds. The average molecular weight is 385 g/mol. The fourth-order valence-electron chi connectivity index (χ4n) is 3.67. The zero-order valence-electron chi connectivity index (χ0n) is 18.4. The second kappa shape index (κ2) is 20.2. The summed E-state index contributed by atoms with van der Waals surface area (Å²) in [5.41, 5.74) is 0. The summed E-state index contributed by atoms with van der Waals surface area (Å²) >= 11 is 0. The fraction of sp³-hybridized carbons (Fsp3) is 0.958. The molecule has 0 spiro atoms. The van der Waals surface area contributed by atoms with Gasteiger partial charge in [-0.1, -0.05) is 117 Å². The first-order chi connectivity index (χ1) is 13.0. The Balaban J connectivity index is 3.10. The number of carbonyl (C=O) groups is 1. The predicted octanol–water partition coefficient (Wildman–Crippen LogP) is 7.50. The van der Waals surface area contributed by atoms with E-state index in [0.717, 1.165) is 18.8 Å². The summed E-state index contributed by atoms with van der Waals surface area (Å²) in [6.07, 6.45) is 22.5. The molecule has 0 rings (SSSR count). The summed E-state index contributed by atoms with van der Waals surface area (Å²) in [5.74, 6) is 0.0551. The van der Waals surface area contributed by atoms with Gasteiger partial charge in [-0.15, -0.1) is 0 Å². The minimum Gasteiger partial charge on any atom is -0.481 e. The molecule has 0 saturated carbocycles. The van der Waals surface area contributed by atoms with Crippen LogP contribution in [0.1, 0.15) is 136 Å². The Morgan fingerprint density at radius 2 is 0.926 bits per heavy atom. The van der Waals surface area contributed by atoms with Crippen molar-refractivity contribution in [1.29, 1.82) is 0 Å². The lowest BCUT2D eigenvalue weighted by Gasteiger charge is -2.08. The third-order valence-corrected chi connectivity index (χ3v) is 5.51. The molecule has 2 N–H and O–H groups in total. The van der Waals surface area contributed by atoms with E-state index in [1.54, 1.807) is 0 Å². The molecule has 3 nitrogen and oxygen atoms in total. The highest BCUT2D eigenvalue weighted by Gasteiger charge is 2.06. The van der Waals surface area contributed by atoms with Crippen molar-refractivity contribution in [3.63, 3.8) is 0 Å². The number of aliphatic hydroxyl groups is 1. The van der Waals surface area contributed by atoms with Crippen LogP contribution < -0.4 is 0 Å². The van der Waals surface area contributed by atoms with Crippen LogP contribution in [0, 0.1) is 5.92 Å². The van der Waals surface area contributed by atoms with E-state index < -0.39 is 12.1 Å². The molecule has 0 aliphatic heterocycles. The first kappa shape index (κ1) is 26.4. The van der Waals surface area contributed by atoms with Crippen LogP contribution in [0.4, 0.5) is 0 Å². The normalized spacial score (nSPS) is 12.6. The fourth-order valence-corrected chi connectivity index (χ4v) is 3.67. The molecule has 0 aliphatic rings. The van der Waals surface area contributed by atoms with E-state index in [9.17, 15) is 9.90 Å². The van der Waals surface area contributed by atoms with Gasteiger partial charge in [-0.05, 0) is 18.8 Å². The van der Waals surface area contributed by atoms with Crippen LogP contribution >= 0.6 is 0 Å². The second-order valence-electron chi connectivity index (χ2n) is 8.86. The molecule has 0 fully saturated rings. The maximum absolute atomic E-state index is 10.4. The van der Waals surface area contributed by atoms with E-state index in [1.165, 1.54) is 96.3 Å². The van der Waals surface area contributed by atoms with Crippen LogP contribution in [0.3, 0.4) is 0 Å². The highest BCUT2D eigenvalue weighted by molar-refractivity contribution is 5.66. The molecule has 0 aromatic rings. The Bertz CT molecular complexity index is 315. The number of carboxylic acid groups (broad SMARTS) is 1. The maximum Gasteiger partial charge on any atom is 0.303 e. The SMILES string of the molecule is CC(C)CCCCCCCCCCCCCCCCCC(O)CCC(=O)O. The number of hydrogen-bond acceptors (Lipinski definition) is 2. The lowest BCUT2D eigenvalue weighted by molar-refractivity contribution is -0.137. The number of carboxylic acids is 1. The molecule has 0 saturated heterocycles. The lowest BCUT2D eigenvalue weighted by atomic mass is 10.0. The Morgan fingerprint density at radius 3 is 1.26 bits per heavy atom. The standard InChI is InChI=1S/C24H48O3/c1-22(2)18-16-14-12-10-8-6-4-3-5-7-9-11-13-15-17-19-23(25)20-21-24(26)27/h22-23,25H,3-21H2,1-2H3,(H,26,27). The molecule has 0 bridgehead atoms. The quantitative estimate of drug-likeness (QED) is 0.201. The minimum absolute atomic E-state index is 0.0828. The first-order valence-electron chi connectivity index (χ1n) is 11.9. The van der Waals surface area contributed by atoms with E-state index in [-0.39, 0.29) is 6.42 Å². The predicted molar refractivity (Wildman–Crippen MR) is 116 cm³/mol. The van der Waals surface area contributed by atoms with Crippen LogP contribution in [0.5, 0.6) is 0 Å². The highest BCUT2D eigenvalue weighted by Crippen LogP contribution is 2.15. The van der Waals surface area contributed by atoms with Gasteiger partial charge in [-0.2, -0.15) is 0 Å². The molecular weight excluding hydrogens is 336 g/mol. The number of aliphatic hydroxyl groups excluding tert-OH is 1. The molecule has 0 heterocycles. The molecule has 0 radical (unpaired) electrons. The summed E-state index contributed by atoms with van der Waals surface area (Å²) in [7, 11) is 0. The van der Waals surface area contributed by atoms with Crippen molar-refractivity contribution in [1.82, 2.24) is 0 Å². The van der Waals surface area contributed by atoms with Gasteiger partial charge >= 0.3 is 5.97 Å². The largest absolute Gasteiger partial charge is 0.481 e. The number of rotatable bonds is 21. The van der Waals surface area contributed by atoms with Gasteiger partial charge < -0.3 is 10.2 Å². The summed E-state index contributed by atoms with van der Waals surface area (Å²) in [6, 6.07) is 0. The third kappa shape index (κ3) is 23.4. The van der Waals surface area contributed by atoms with E-state index in [0.29, 0.717) is 6.42 Å². The monoisotopic (exact) mass is 384 g/mol. The topological polar surface area (TPSA) is 57.5 Å². The van der Waals surface area contributed by atoms with Gasteiger partial charge in [0.1, 0.15) is 0 Å². The number of unbranched alkanes of at least 4 members (excludes halogenated alkanes) is 14. The van der Waals surface area contributed by atoms with Crippen LogP contribution in [0.2, 0.25) is 0 Å². The zero-order valence-corrected chi connectivity index (χ0v) is 18.4. The van der Waals surface area contributed by atoms with Gasteiger partial charge in [0.25, 0.3) is 0 Å². The summed E-state index contributed by atoms with van der Waals surface area (Å²) in [6.45, 7) is 4.64. The second-order valence-corrected chi connectivity index (χ2v) is 8.86. The molecule has 0 aromatic carbocycles. The molecule has 0 aliphatic carbocycles. The minimum atomic E-state index is -0.814. The molecular formula is C24H48O3. The van der Waals surface area contributed by atoms with Gasteiger partial charge in [0.2, 0.25) is 0 Å². The Kier molecular flexibility index (Phi) is 19.7. The zero-order chi connectivity index (χ0) is 20.2. The Morgan fingerprint density at radius 1 is 0.593 bits per heavy atom.